The molecule has 0 radical (unpaired) electrons. The van der Waals surface area contributed by atoms with E-state index in [2.05, 4.69) is 0 Å². The molecule has 0 aliphatic carbocycles. The normalized spacial score (nSPS) is 11.0. The smallest absolute Gasteiger partial charge is 0.311 e. The van der Waals surface area contributed by atoms with Crippen molar-refractivity contribution in [3.63, 3.8) is 0 Å². The van der Waals surface area contributed by atoms with Crippen LogP contribution in [-0.2, 0) is 21.3 Å². The second-order valence-electron chi connectivity index (χ2n) is 5.84. The molecule has 0 aromatic heterocycles. The maximum atomic E-state index is 11.8. The summed E-state index contributed by atoms with van der Waals surface area (Å²) in [7, 11) is -3.63. The first-order valence-corrected chi connectivity index (χ1v) is 10.7. The number of carbonyl (C=O) groups is 1. The zero-order valence-electron chi connectivity index (χ0n) is 16.1. The molecule has 0 unspecified atom stereocenters. The number of hydrogen-bond donors (Lipinski definition) is 0. The van der Waals surface area contributed by atoms with E-state index in [0.717, 1.165) is 6.26 Å². The van der Waals surface area contributed by atoms with E-state index < -0.39 is 16.1 Å². The first kappa shape index (κ1) is 21.6. The predicted molar refractivity (Wildman–Crippen MR) is 105 cm³/mol. The van der Waals surface area contributed by atoms with Crippen molar-refractivity contribution in [1.29, 1.82) is 0 Å². The quantitative estimate of drug-likeness (QED) is 0.338. The second-order valence-corrected chi connectivity index (χ2v) is 7.41. The molecule has 2 aromatic carbocycles. The molecule has 8 heteroatoms. The standard InChI is InChI=1S/C20H24O7S/c1-4-19(21)26-20-17(24-5-2)11-8-12-18(20)25-14-13-15-9-6-7-10-16(15)27-28(3,22)23/h6-12H,4-5,13-14H2,1-3H3. The SMILES string of the molecule is CCOc1cccc(OCCc2ccccc2OS(C)(=O)=O)c1OC(=O)CC. The van der Waals surface area contributed by atoms with Gasteiger partial charge >= 0.3 is 16.1 Å². The van der Waals surface area contributed by atoms with Crippen molar-refractivity contribution in [1.82, 2.24) is 0 Å². The van der Waals surface area contributed by atoms with Gasteiger partial charge in [-0.3, -0.25) is 4.79 Å². The van der Waals surface area contributed by atoms with E-state index in [0.29, 0.717) is 30.1 Å². The van der Waals surface area contributed by atoms with Crippen LogP contribution < -0.4 is 18.4 Å². The van der Waals surface area contributed by atoms with Gasteiger partial charge in [-0.1, -0.05) is 31.2 Å². The van der Waals surface area contributed by atoms with E-state index in [1.54, 1.807) is 49.4 Å². The van der Waals surface area contributed by atoms with Crippen LogP contribution in [0.25, 0.3) is 0 Å². The van der Waals surface area contributed by atoms with E-state index >= 15 is 0 Å². The lowest BCUT2D eigenvalue weighted by Gasteiger charge is -2.15. The zero-order chi connectivity index (χ0) is 20.6. The third kappa shape index (κ3) is 6.45. The number of carbonyl (C=O) groups excluding carboxylic acids is 1. The average Bonchev–Trinajstić information content (AvgIpc) is 2.64. The lowest BCUT2D eigenvalue weighted by atomic mass is 10.1. The number of esters is 1. The first-order chi connectivity index (χ1) is 13.3. The highest BCUT2D eigenvalue weighted by atomic mass is 32.2. The Hall–Kier alpha value is -2.74. The summed E-state index contributed by atoms with van der Waals surface area (Å²) in [5, 5.41) is 0. The molecule has 0 aliphatic rings. The van der Waals surface area contributed by atoms with Crippen molar-refractivity contribution >= 4 is 16.1 Å². The summed E-state index contributed by atoms with van der Waals surface area (Å²) in [6.45, 7) is 4.16. The molecule has 0 fully saturated rings. The first-order valence-electron chi connectivity index (χ1n) is 8.90. The topological polar surface area (TPSA) is 88.1 Å². The largest absolute Gasteiger partial charge is 0.490 e. The number of hydrogen-bond acceptors (Lipinski definition) is 7. The Bertz CT molecular complexity index is 907. The van der Waals surface area contributed by atoms with Crippen molar-refractivity contribution in [3.05, 3.63) is 48.0 Å². The molecule has 0 N–H and O–H groups in total. The van der Waals surface area contributed by atoms with Gasteiger partial charge in [-0.05, 0) is 30.7 Å². The van der Waals surface area contributed by atoms with Crippen LogP contribution in [0, 0.1) is 0 Å². The Morgan fingerprint density at radius 3 is 2.21 bits per heavy atom. The molecule has 0 saturated carbocycles. The van der Waals surface area contributed by atoms with Gasteiger partial charge in [-0.25, -0.2) is 0 Å². The molecular weight excluding hydrogens is 384 g/mol. The van der Waals surface area contributed by atoms with E-state index in [4.69, 9.17) is 18.4 Å². The Kier molecular flexibility index (Phi) is 7.69. The summed E-state index contributed by atoms with van der Waals surface area (Å²) in [6, 6.07) is 11.9. The summed E-state index contributed by atoms with van der Waals surface area (Å²) in [6.07, 6.45) is 1.61. The van der Waals surface area contributed by atoms with Crippen LogP contribution in [-0.4, -0.2) is 33.9 Å². The highest BCUT2D eigenvalue weighted by Gasteiger charge is 2.16. The molecule has 0 aliphatic heterocycles. The number of para-hydroxylation sites is 2. The number of ether oxygens (including phenoxy) is 3. The number of rotatable bonds is 10. The highest BCUT2D eigenvalue weighted by Crippen LogP contribution is 2.37. The summed E-state index contributed by atoms with van der Waals surface area (Å²) in [4.78, 5) is 11.8. The molecule has 0 spiro atoms. The Labute approximate surface area is 165 Å². The van der Waals surface area contributed by atoms with Crippen LogP contribution in [0.4, 0.5) is 0 Å². The summed E-state index contributed by atoms with van der Waals surface area (Å²) in [5.41, 5.74) is 0.681. The summed E-state index contributed by atoms with van der Waals surface area (Å²) in [5.74, 6) is 0.881. The van der Waals surface area contributed by atoms with E-state index in [-0.39, 0.29) is 24.5 Å². The highest BCUT2D eigenvalue weighted by molar-refractivity contribution is 7.86. The Morgan fingerprint density at radius 1 is 0.929 bits per heavy atom. The zero-order valence-corrected chi connectivity index (χ0v) is 17.0. The van der Waals surface area contributed by atoms with Crippen LogP contribution in [0.3, 0.4) is 0 Å². The third-order valence-electron chi connectivity index (χ3n) is 3.59. The minimum absolute atomic E-state index is 0.218. The van der Waals surface area contributed by atoms with E-state index in [1.165, 1.54) is 0 Å². The van der Waals surface area contributed by atoms with Crippen LogP contribution in [0.2, 0.25) is 0 Å². The fraction of sp³-hybridized carbons (Fsp3) is 0.350. The summed E-state index contributed by atoms with van der Waals surface area (Å²) < 4.78 is 44.5. The third-order valence-corrected chi connectivity index (χ3v) is 4.07. The van der Waals surface area contributed by atoms with E-state index in [1.807, 2.05) is 6.92 Å². The van der Waals surface area contributed by atoms with Gasteiger partial charge in [0.25, 0.3) is 0 Å². The predicted octanol–water partition coefficient (Wildman–Crippen LogP) is 3.36. The monoisotopic (exact) mass is 408 g/mol. The van der Waals surface area contributed by atoms with Crippen molar-refractivity contribution in [2.75, 3.05) is 19.5 Å². The molecule has 2 rings (SSSR count). The van der Waals surface area contributed by atoms with Gasteiger partial charge in [-0.2, -0.15) is 8.42 Å². The molecular formula is C20H24O7S. The molecule has 0 atom stereocenters. The molecule has 0 heterocycles. The Morgan fingerprint density at radius 2 is 1.57 bits per heavy atom. The number of benzene rings is 2. The van der Waals surface area contributed by atoms with Gasteiger partial charge in [-0.15, -0.1) is 0 Å². The van der Waals surface area contributed by atoms with Gasteiger partial charge < -0.3 is 18.4 Å². The maximum absolute atomic E-state index is 11.8. The van der Waals surface area contributed by atoms with Gasteiger partial charge in [0.15, 0.2) is 11.5 Å². The van der Waals surface area contributed by atoms with Crippen molar-refractivity contribution in [2.24, 2.45) is 0 Å². The lowest BCUT2D eigenvalue weighted by Crippen LogP contribution is -2.11. The molecule has 7 nitrogen and oxygen atoms in total. The molecule has 0 bridgehead atoms. The van der Waals surface area contributed by atoms with Crippen LogP contribution in [0.1, 0.15) is 25.8 Å². The van der Waals surface area contributed by atoms with Gasteiger partial charge in [0.2, 0.25) is 5.75 Å². The average molecular weight is 408 g/mol. The second kappa shape index (κ2) is 9.98. The van der Waals surface area contributed by atoms with E-state index in [9.17, 15) is 13.2 Å². The van der Waals surface area contributed by atoms with Crippen LogP contribution in [0.15, 0.2) is 42.5 Å². The van der Waals surface area contributed by atoms with Gasteiger partial charge in [0, 0.05) is 12.8 Å². The van der Waals surface area contributed by atoms with Crippen molar-refractivity contribution < 1.29 is 31.6 Å². The molecule has 152 valence electrons. The van der Waals surface area contributed by atoms with Crippen molar-refractivity contribution in [2.45, 2.75) is 26.7 Å². The Balaban J connectivity index is 2.15. The molecule has 0 saturated heterocycles. The van der Waals surface area contributed by atoms with Crippen LogP contribution in [0.5, 0.6) is 23.0 Å². The lowest BCUT2D eigenvalue weighted by molar-refractivity contribution is -0.134. The van der Waals surface area contributed by atoms with Crippen molar-refractivity contribution in [3.8, 4) is 23.0 Å². The van der Waals surface area contributed by atoms with Crippen LogP contribution >= 0.6 is 0 Å². The minimum Gasteiger partial charge on any atom is -0.490 e. The van der Waals surface area contributed by atoms with Gasteiger partial charge in [0.1, 0.15) is 5.75 Å². The van der Waals surface area contributed by atoms with Gasteiger partial charge in [0.05, 0.1) is 19.5 Å². The molecule has 28 heavy (non-hydrogen) atoms. The minimum atomic E-state index is -3.63. The fourth-order valence-electron chi connectivity index (χ4n) is 2.39. The maximum Gasteiger partial charge on any atom is 0.311 e. The molecule has 2 aromatic rings. The summed E-state index contributed by atoms with van der Waals surface area (Å²) >= 11 is 0. The fourth-order valence-corrected chi connectivity index (χ4v) is 2.88. The molecule has 0 amide bonds.